The van der Waals surface area contributed by atoms with E-state index in [1.165, 1.54) is 20.3 Å². The van der Waals surface area contributed by atoms with Crippen molar-refractivity contribution in [3.63, 3.8) is 0 Å². The third kappa shape index (κ3) is 3.92. The molecule has 0 saturated heterocycles. The normalized spacial score (nSPS) is 14.2. The van der Waals surface area contributed by atoms with Crippen LogP contribution in [0.2, 0.25) is 0 Å². The number of hydrogen-bond donors (Lipinski definition) is 1. The molecule has 0 unspecified atom stereocenters. The number of phenolic OH excluding ortho intramolecular Hbond substituents is 1. The van der Waals surface area contributed by atoms with Gasteiger partial charge in [-0.1, -0.05) is 12.1 Å². The molecule has 0 saturated carbocycles. The number of fused-ring (bicyclic) bond motifs is 1. The van der Waals surface area contributed by atoms with Gasteiger partial charge >= 0.3 is 0 Å². The van der Waals surface area contributed by atoms with E-state index in [1.807, 2.05) is 19.9 Å². The third-order valence-electron chi connectivity index (χ3n) is 4.60. The highest BCUT2D eigenvalue weighted by Crippen LogP contribution is 2.43. The van der Waals surface area contributed by atoms with Crippen molar-refractivity contribution in [2.45, 2.75) is 19.4 Å². The Morgan fingerprint density at radius 2 is 1.83 bits per heavy atom. The van der Waals surface area contributed by atoms with Gasteiger partial charge in [0.15, 0.2) is 17.3 Å². The first-order valence-corrected chi connectivity index (χ1v) is 9.07. The second kappa shape index (κ2) is 7.91. The van der Waals surface area contributed by atoms with Gasteiger partial charge in [0.05, 0.1) is 26.9 Å². The fraction of sp³-hybridized carbons (Fsp3) is 0.261. The maximum atomic E-state index is 12.9. The van der Waals surface area contributed by atoms with E-state index in [4.69, 9.17) is 18.9 Å². The van der Waals surface area contributed by atoms with Crippen LogP contribution in [-0.2, 0) is 0 Å². The van der Waals surface area contributed by atoms with Crippen LogP contribution in [0.3, 0.4) is 0 Å². The summed E-state index contributed by atoms with van der Waals surface area (Å²) in [7, 11) is 4.52. The molecule has 1 N–H and O–H groups in total. The number of methoxy groups -OCH3 is 3. The summed E-state index contributed by atoms with van der Waals surface area (Å²) in [5.41, 5.74) is 0.665. The number of rotatable bonds is 6. The summed E-state index contributed by atoms with van der Waals surface area (Å²) in [6, 6.07) is 6.98. The highest BCUT2D eigenvalue weighted by Gasteiger charge is 2.28. The van der Waals surface area contributed by atoms with E-state index in [-0.39, 0.29) is 17.1 Å². The minimum atomic E-state index is -0.515. The molecule has 1 aliphatic heterocycles. The standard InChI is InChI=1S/C23H24O6/c1-23(2)12-11-15-18(29-23)13-19(27-4)20(21(15)25)16(24)10-9-14-7-6-8-17(26-3)22(14)28-5/h6-13,25H,1-5H3/b10-9+. The van der Waals surface area contributed by atoms with Gasteiger partial charge in [0.2, 0.25) is 0 Å². The van der Waals surface area contributed by atoms with E-state index >= 15 is 0 Å². The van der Waals surface area contributed by atoms with Crippen molar-refractivity contribution in [1.29, 1.82) is 0 Å². The minimum Gasteiger partial charge on any atom is -0.506 e. The monoisotopic (exact) mass is 396 g/mol. The van der Waals surface area contributed by atoms with Gasteiger partial charge in [-0.05, 0) is 44.2 Å². The third-order valence-corrected chi connectivity index (χ3v) is 4.60. The summed E-state index contributed by atoms with van der Waals surface area (Å²) >= 11 is 0. The Bertz CT molecular complexity index is 1000. The van der Waals surface area contributed by atoms with E-state index < -0.39 is 11.4 Å². The van der Waals surface area contributed by atoms with Crippen LogP contribution >= 0.6 is 0 Å². The highest BCUT2D eigenvalue weighted by molar-refractivity contribution is 6.11. The van der Waals surface area contributed by atoms with E-state index in [0.717, 1.165) is 0 Å². The maximum Gasteiger partial charge on any atom is 0.193 e. The number of para-hydroxylation sites is 1. The van der Waals surface area contributed by atoms with Gasteiger partial charge in [-0.2, -0.15) is 0 Å². The molecule has 1 aliphatic rings. The fourth-order valence-corrected chi connectivity index (χ4v) is 3.18. The molecule has 0 radical (unpaired) electrons. The van der Waals surface area contributed by atoms with Crippen molar-refractivity contribution >= 4 is 17.9 Å². The molecule has 6 heteroatoms. The molecule has 6 nitrogen and oxygen atoms in total. The lowest BCUT2D eigenvalue weighted by atomic mass is 9.97. The van der Waals surface area contributed by atoms with Gasteiger partial charge < -0.3 is 24.1 Å². The zero-order valence-electron chi connectivity index (χ0n) is 17.1. The van der Waals surface area contributed by atoms with Gasteiger partial charge in [-0.15, -0.1) is 0 Å². The lowest BCUT2D eigenvalue weighted by molar-refractivity contribution is 0.104. The summed E-state index contributed by atoms with van der Waals surface area (Å²) in [5.74, 6) is 1.17. The molecular formula is C23H24O6. The lowest BCUT2D eigenvalue weighted by Gasteiger charge is -2.29. The second-order valence-electron chi connectivity index (χ2n) is 7.03. The van der Waals surface area contributed by atoms with Crippen LogP contribution in [0.1, 0.15) is 35.3 Å². The average Bonchev–Trinajstić information content (AvgIpc) is 2.70. The van der Waals surface area contributed by atoms with E-state index in [2.05, 4.69) is 0 Å². The Balaban J connectivity index is 2.02. The zero-order chi connectivity index (χ0) is 21.2. The summed E-state index contributed by atoms with van der Waals surface area (Å²) < 4.78 is 21.9. The number of allylic oxidation sites excluding steroid dienone is 1. The molecule has 3 rings (SSSR count). The topological polar surface area (TPSA) is 74.2 Å². The van der Waals surface area contributed by atoms with Crippen LogP contribution < -0.4 is 18.9 Å². The first-order chi connectivity index (χ1) is 13.8. The number of benzene rings is 2. The number of hydrogen-bond acceptors (Lipinski definition) is 6. The Labute approximate surface area is 170 Å². The smallest absolute Gasteiger partial charge is 0.193 e. The number of ether oxygens (including phenoxy) is 4. The molecule has 0 atom stereocenters. The minimum absolute atomic E-state index is 0.0670. The summed E-state index contributed by atoms with van der Waals surface area (Å²) in [6.07, 6.45) is 6.54. The molecule has 1 heterocycles. The Kier molecular flexibility index (Phi) is 5.55. The number of carbonyl (C=O) groups excluding carboxylic acids is 1. The Hall–Kier alpha value is -3.41. The predicted octanol–water partition coefficient (Wildman–Crippen LogP) is 4.50. The predicted molar refractivity (Wildman–Crippen MR) is 111 cm³/mol. The molecule has 2 aromatic rings. The number of carbonyl (C=O) groups is 1. The Morgan fingerprint density at radius 3 is 2.48 bits per heavy atom. The van der Waals surface area contributed by atoms with E-state index in [0.29, 0.717) is 28.4 Å². The Morgan fingerprint density at radius 1 is 1.10 bits per heavy atom. The molecule has 152 valence electrons. The first-order valence-electron chi connectivity index (χ1n) is 9.07. The molecule has 0 amide bonds. The molecule has 0 fully saturated rings. The van der Waals surface area contributed by atoms with Crippen molar-refractivity contribution < 1.29 is 28.8 Å². The van der Waals surface area contributed by atoms with Crippen molar-refractivity contribution in [2.24, 2.45) is 0 Å². The van der Waals surface area contributed by atoms with Crippen molar-refractivity contribution in [1.82, 2.24) is 0 Å². The molecule has 0 aliphatic carbocycles. The van der Waals surface area contributed by atoms with Gasteiger partial charge in [0.1, 0.15) is 28.4 Å². The summed E-state index contributed by atoms with van der Waals surface area (Å²) in [6.45, 7) is 3.80. The van der Waals surface area contributed by atoms with Gasteiger partial charge in [-0.3, -0.25) is 4.79 Å². The van der Waals surface area contributed by atoms with Crippen molar-refractivity contribution in [2.75, 3.05) is 21.3 Å². The molecule has 29 heavy (non-hydrogen) atoms. The zero-order valence-corrected chi connectivity index (χ0v) is 17.1. The van der Waals surface area contributed by atoms with Crippen LogP contribution in [0.5, 0.6) is 28.7 Å². The maximum absolute atomic E-state index is 12.9. The van der Waals surface area contributed by atoms with Crippen LogP contribution in [0, 0.1) is 0 Å². The molecule has 0 bridgehead atoms. The second-order valence-corrected chi connectivity index (χ2v) is 7.03. The van der Waals surface area contributed by atoms with Gasteiger partial charge in [0.25, 0.3) is 0 Å². The quantitative estimate of drug-likeness (QED) is 0.573. The molecular weight excluding hydrogens is 372 g/mol. The number of aromatic hydroxyl groups is 1. The molecule has 0 spiro atoms. The summed E-state index contributed by atoms with van der Waals surface area (Å²) in [4.78, 5) is 12.9. The lowest BCUT2D eigenvalue weighted by Crippen LogP contribution is -2.27. The molecule has 2 aromatic carbocycles. The average molecular weight is 396 g/mol. The highest BCUT2D eigenvalue weighted by atomic mass is 16.5. The van der Waals surface area contributed by atoms with Crippen molar-refractivity contribution in [3.05, 3.63) is 53.1 Å². The van der Waals surface area contributed by atoms with Crippen LogP contribution in [0.25, 0.3) is 12.2 Å². The van der Waals surface area contributed by atoms with Crippen LogP contribution in [0.4, 0.5) is 0 Å². The van der Waals surface area contributed by atoms with Crippen LogP contribution in [-0.4, -0.2) is 37.8 Å². The SMILES string of the molecule is COc1cccc(/C=C/C(=O)c2c(OC)cc3c(c2O)C=CC(C)(C)O3)c1OC. The van der Waals surface area contributed by atoms with Gasteiger partial charge in [0, 0.05) is 11.6 Å². The van der Waals surface area contributed by atoms with E-state index in [1.54, 1.807) is 43.5 Å². The van der Waals surface area contributed by atoms with E-state index in [9.17, 15) is 9.90 Å². The number of phenols is 1. The number of ketones is 1. The summed E-state index contributed by atoms with van der Waals surface area (Å²) in [5, 5.41) is 10.8. The first kappa shape index (κ1) is 20.3. The van der Waals surface area contributed by atoms with Crippen molar-refractivity contribution in [3.8, 4) is 28.7 Å². The van der Waals surface area contributed by atoms with Crippen LogP contribution in [0.15, 0.2) is 36.4 Å². The molecule has 0 aromatic heterocycles. The largest absolute Gasteiger partial charge is 0.506 e. The van der Waals surface area contributed by atoms with Gasteiger partial charge in [-0.25, -0.2) is 0 Å². The fourth-order valence-electron chi connectivity index (χ4n) is 3.18.